The standard InChI is InChI=1S/C26H23ClN2O2/c1-2-31-18-13-11-17(12-14-18)25-24-20(19-7-4-6-10-23(19)28-24)15-16-29(25)26(30)21-8-3-5-9-22(21)27/h3-14,25,28H,2,15-16H2,1H3/t25-/m1/s1. The molecule has 4 aromatic rings. The van der Waals surface area contributed by atoms with Crippen LogP contribution in [0.25, 0.3) is 10.9 Å². The molecule has 1 aliphatic rings. The van der Waals surface area contributed by atoms with Crippen molar-refractivity contribution >= 4 is 28.4 Å². The first-order valence-electron chi connectivity index (χ1n) is 10.5. The molecule has 1 aromatic heterocycles. The van der Waals surface area contributed by atoms with Gasteiger partial charge in [0.15, 0.2) is 0 Å². The number of hydrogen-bond acceptors (Lipinski definition) is 2. The Morgan fingerprint density at radius 1 is 1.06 bits per heavy atom. The summed E-state index contributed by atoms with van der Waals surface area (Å²) >= 11 is 6.38. The van der Waals surface area contributed by atoms with Crippen molar-refractivity contribution in [2.75, 3.05) is 13.2 Å². The predicted octanol–water partition coefficient (Wildman–Crippen LogP) is 6.01. The van der Waals surface area contributed by atoms with Crippen molar-refractivity contribution in [3.05, 3.63) is 100 Å². The molecule has 2 heterocycles. The van der Waals surface area contributed by atoms with Gasteiger partial charge in [0.2, 0.25) is 0 Å². The number of amides is 1. The Bertz CT molecular complexity index is 1250. The van der Waals surface area contributed by atoms with Crippen molar-refractivity contribution < 1.29 is 9.53 Å². The van der Waals surface area contributed by atoms with Gasteiger partial charge in [0.25, 0.3) is 5.91 Å². The molecule has 0 radical (unpaired) electrons. The SMILES string of the molecule is CCOc1ccc([C@@H]2c3[nH]c4ccccc4c3CCN2C(=O)c2ccccc2Cl)cc1. The van der Waals surface area contributed by atoms with Gasteiger partial charge in [-0.2, -0.15) is 0 Å². The second kappa shape index (κ2) is 8.12. The average molecular weight is 431 g/mol. The van der Waals surface area contributed by atoms with Crippen LogP contribution in [0.4, 0.5) is 0 Å². The number of halogens is 1. The Labute approximate surface area is 186 Å². The van der Waals surface area contributed by atoms with Crippen molar-refractivity contribution in [1.29, 1.82) is 0 Å². The summed E-state index contributed by atoms with van der Waals surface area (Å²) in [4.78, 5) is 19.1. The lowest BCUT2D eigenvalue weighted by atomic mass is 9.91. The van der Waals surface area contributed by atoms with E-state index in [0.29, 0.717) is 23.7 Å². The molecule has 0 fully saturated rings. The molecular formula is C26H23ClN2O2. The number of benzene rings is 3. The highest BCUT2D eigenvalue weighted by Gasteiger charge is 2.35. The second-order valence-corrected chi connectivity index (χ2v) is 8.10. The van der Waals surface area contributed by atoms with Crippen molar-refractivity contribution in [2.45, 2.75) is 19.4 Å². The second-order valence-electron chi connectivity index (χ2n) is 7.70. The molecule has 1 atom stereocenters. The molecule has 0 saturated heterocycles. The normalized spacial score (nSPS) is 15.7. The number of rotatable bonds is 4. The Kier molecular flexibility index (Phi) is 5.16. The van der Waals surface area contributed by atoms with E-state index in [2.05, 4.69) is 23.2 Å². The minimum absolute atomic E-state index is 0.0613. The van der Waals surface area contributed by atoms with Crippen LogP contribution >= 0.6 is 11.6 Å². The summed E-state index contributed by atoms with van der Waals surface area (Å²) in [5.41, 5.74) is 5.00. The number of hydrogen-bond donors (Lipinski definition) is 1. The Morgan fingerprint density at radius 3 is 2.58 bits per heavy atom. The number of carbonyl (C=O) groups excluding carboxylic acids is 1. The summed E-state index contributed by atoms with van der Waals surface area (Å²) in [6, 6.07) is 23.4. The number of fused-ring (bicyclic) bond motifs is 3. The zero-order chi connectivity index (χ0) is 21.4. The number of aromatic nitrogens is 1. The molecule has 5 rings (SSSR count). The third kappa shape index (κ3) is 3.47. The Balaban J connectivity index is 1.64. The van der Waals surface area contributed by atoms with E-state index in [1.165, 1.54) is 10.9 Å². The maximum atomic E-state index is 13.6. The zero-order valence-electron chi connectivity index (χ0n) is 17.3. The highest BCUT2D eigenvalue weighted by molar-refractivity contribution is 6.33. The molecule has 3 aromatic carbocycles. The van der Waals surface area contributed by atoms with Crippen LogP contribution in [-0.2, 0) is 6.42 Å². The number of nitrogens with one attached hydrogen (secondary N) is 1. The van der Waals surface area contributed by atoms with Gasteiger partial charge in [-0.1, -0.05) is 54.1 Å². The largest absolute Gasteiger partial charge is 0.494 e. The lowest BCUT2D eigenvalue weighted by Gasteiger charge is -2.36. The molecule has 0 spiro atoms. The van der Waals surface area contributed by atoms with Crippen LogP contribution in [0.15, 0.2) is 72.8 Å². The minimum atomic E-state index is -0.226. The fourth-order valence-electron chi connectivity index (χ4n) is 4.51. The molecule has 156 valence electrons. The third-order valence-electron chi connectivity index (χ3n) is 5.91. The first kappa shape index (κ1) is 19.7. The monoisotopic (exact) mass is 430 g/mol. The van der Waals surface area contributed by atoms with Crippen LogP contribution < -0.4 is 4.74 Å². The molecule has 4 nitrogen and oxygen atoms in total. The van der Waals surface area contributed by atoms with Gasteiger partial charge in [0.05, 0.1) is 23.2 Å². The number of ether oxygens (including phenoxy) is 1. The van der Waals surface area contributed by atoms with Crippen molar-refractivity contribution in [1.82, 2.24) is 9.88 Å². The molecule has 31 heavy (non-hydrogen) atoms. The van der Waals surface area contributed by atoms with Crippen LogP contribution in [0, 0.1) is 0 Å². The van der Waals surface area contributed by atoms with E-state index in [0.717, 1.165) is 28.9 Å². The van der Waals surface area contributed by atoms with Crippen LogP contribution in [0.2, 0.25) is 5.02 Å². The van der Waals surface area contributed by atoms with E-state index < -0.39 is 0 Å². The van der Waals surface area contributed by atoms with Crippen LogP contribution in [0.3, 0.4) is 0 Å². The zero-order valence-corrected chi connectivity index (χ0v) is 18.0. The first-order valence-corrected chi connectivity index (χ1v) is 10.9. The summed E-state index contributed by atoms with van der Waals surface area (Å²) in [7, 11) is 0. The Morgan fingerprint density at radius 2 is 1.81 bits per heavy atom. The van der Waals surface area contributed by atoms with Gasteiger partial charge in [-0.15, -0.1) is 0 Å². The van der Waals surface area contributed by atoms with Gasteiger partial charge in [-0.05, 0) is 54.8 Å². The lowest BCUT2D eigenvalue weighted by Crippen LogP contribution is -2.40. The van der Waals surface area contributed by atoms with Gasteiger partial charge < -0.3 is 14.6 Å². The maximum Gasteiger partial charge on any atom is 0.256 e. The number of nitrogens with zero attached hydrogens (tertiary/aromatic N) is 1. The summed E-state index contributed by atoms with van der Waals surface area (Å²) in [6.07, 6.45) is 0.795. The van der Waals surface area contributed by atoms with E-state index >= 15 is 0 Å². The molecule has 0 aliphatic carbocycles. The van der Waals surface area contributed by atoms with Gasteiger partial charge in [0.1, 0.15) is 5.75 Å². The summed E-state index contributed by atoms with van der Waals surface area (Å²) in [5, 5.41) is 1.69. The number of H-pyrrole nitrogens is 1. The predicted molar refractivity (Wildman–Crippen MR) is 124 cm³/mol. The van der Waals surface area contributed by atoms with E-state index in [1.54, 1.807) is 12.1 Å². The molecule has 1 N–H and O–H groups in total. The average Bonchev–Trinajstić information content (AvgIpc) is 3.18. The van der Waals surface area contributed by atoms with Crippen LogP contribution in [-0.4, -0.2) is 28.9 Å². The smallest absolute Gasteiger partial charge is 0.256 e. The summed E-state index contributed by atoms with van der Waals surface area (Å²) in [6.45, 7) is 3.21. The molecule has 0 bridgehead atoms. The third-order valence-corrected chi connectivity index (χ3v) is 6.24. The van der Waals surface area contributed by atoms with Crippen molar-refractivity contribution in [3.63, 3.8) is 0 Å². The van der Waals surface area contributed by atoms with Gasteiger partial charge in [0, 0.05) is 23.1 Å². The molecule has 5 heteroatoms. The number of para-hydroxylation sites is 1. The fourth-order valence-corrected chi connectivity index (χ4v) is 4.73. The maximum absolute atomic E-state index is 13.6. The Hall–Kier alpha value is -3.24. The van der Waals surface area contributed by atoms with E-state index in [9.17, 15) is 4.79 Å². The van der Waals surface area contributed by atoms with Crippen molar-refractivity contribution in [2.24, 2.45) is 0 Å². The van der Waals surface area contributed by atoms with E-state index in [4.69, 9.17) is 16.3 Å². The minimum Gasteiger partial charge on any atom is -0.494 e. The van der Waals surface area contributed by atoms with Crippen LogP contribution in [0.5, 0.6) is 5.75 Å². The van der Waals surface area contributed by atoms with E-state index in [1.807, 2.05) is 54.3 Å². The van der Waals surface area contributed by atoms with Gasteiger partial charge in [-0.3, -0.25) is 4.79 Å². The van der Waals surface area contributed by atoms with Crippen molar-refractivity contribution in [3.8, 4) is 5.75 Å². The van der Waals surface area contributed by atoms with Gasteiger partial charge >= 0.3 is 0 Å². The summed E-state index contributed by atoms with van der Waals surface area (Å²) in [5.74, 6) is 0.761. The van der Waals surface area contributed by atoms with Crippen LogP contribution in [0.1, 0.15) is 40.1 Å². The molecule has 0 saturated carbocycles. The first-order chi connectivity index (χ1) is 15.2. The molecule has 0 unspecified atom stereocenters. The molecule has 1 amide bonds. The van der Waals surface area contributed by atoms with Gasteiger partial charge in [-0.25, -0.2) is 0 Å². The molecule has 1 aliphatic heterocycles. The topological polar surface area (TPSA) is 45.3 Å². The highest BCUT2D eigenvalue weighted by atomic mass is 35.5. The fraction of sp³-hybridized carbons (Fsp3) is 0.192. The quantitative estimate of drug-likeness (QED) is 0.431. The van der Waals surface area contributed by atoms with E-state index in [-0.39, 0.29) is 11.9 Å². The summed E-state index contributed by atoms with van der Waals surface area (Å²) < 4.78 is 5.62. The lowest BCUT2D eigenvalue weighted by molar-refractivity contribution is 0.0692. The number of carbonyl (C=O) groups is 1. The molecular weight excluding hydrogens is 408 g/mol. The number of aromatic amines is 1. The highest BCUT2D eigenvalue weighted by Crippen LogP contribution is 2.39.